The molecule has 0 heterocycles. The summed E-state index contributed by atoms with van der Waals surface area (Å²) >= 11 is 0. The lowest BCUT2D eigenvalue weighted by Crippen LogP contribution is -3.23. The first-order valence-corrected chi connectivity index (χ1v) is 7.62. The third-order valence-corrected chi connectivity index (χ3v) is 3.43. The molecule has 21 heavy (non-hydrogen) atoms. The standard InChI is InChI=1S/C9H21N.C8H19NO.CH4/c1-8(2,3)10(7)9(4,5)6;1-7(2,3)9(10)8(4,5)6;/h1-7H3;10H,1-6H3;1H4/p+1. The van der Waals surface area contributed by atoms with Gasteiger partial charge in [0.2, 0.25) is 0 Å². The highest BCUT2D eigenvalue weighted by Gasteiger charge is 2.34. The van der Waals surface area contributed by atoms with Crippen LogP contribution >= 0.6 is 0 Å². The van der Waals surface area contributed by atoms with Crippen LogP contribution in [0.5, 0.6) is 0 Å². The van der Waals surface area contributed by atoms with Gasteiger partial charge in [-0.05, 0) is 90.1 Å². The molecule has 0 bridgehead atoms. The fourth-order valence-electron chi connectivity index (χ4n) is 2.13. The van der Waals surface area contributed by atoms with Crippen LogP contribution in [0.3, 0.4) is 0 Å². The summed E-state index contributed by atoms with van der Waals surface area (Å²) in [6, 6.07) is 0. The van der Waals surface area contributed by atoms with Crippen LogP contribution in [0.25, 0.3) is 0 Å². The van der Waals surface area contributed by atoms with Crippen LogP contribution in [0.2, 0.25) is 0 Å². The van der Waals surface area contributed by atoms with Gasteiger partial charge in [0.15, 0.2) is 0 Å². The number of hydrogen-bond acceptors (Lipinski definition) is 2. The Morgan fingerprint density at radius 1 is 0.619 bits per heavy atom. The minimum Gasteiger partial charge on any atom is -0.297 e. The van der Waals surface area contributed by atoms with E-state index in [4.69, 9.17) is 0 Å². The van der Waals surface area contributed by atoms with Crippen molar-refractivity contribution in [2.75, 3.05) is 7.05 Å². The molecule has 0 aromatic carbocycles. The van der Waals surface area contributed by atoms with E-state index in [1.807, 2.05) is 41.5 Å². The van der Waals surface area contributed by atoms with Crippen LogP contribution in [0.1, 0.15) is 90.5 Å². The molecule has 0 aliphatic carbocycles. The third kappa shape index (κ3) is 11.1. The zero-order valence-electron chi connectivity index (χ0n) is 16.4. The molecular formula is C18H45N2O+. The lowest BCUT2D eigenvalue weighted by atomic mass is 9.98. The van der Waals surface area contributed by atoms with Crippen molar-refractivity contribution >= 4 is 0 Å². The van der Waals surface area contributed by atoms with Crippen LogP contribution in [-0.4, -0.2) is 39.3 Å². The number of nitrogens with one attached hydrogen (secondary N) is 1. The average molecular weight is 306 g/mol. The normalized spacial score (nSPS) is 13.7. The predicted octanol–water partition coefficient (Wildman–Crippen LogP) is 4.01. The van der Waals surface area contributed by atoms with Gasteiger partial charge in [-0.3, -0.25) is 4.90 Å². The highest BCUT2D eigenvalue weighted by Crippen LogP contribution is 2.21. The topological polar surface area (TPSA) is 27.9 Å². The molecule has 0 unspecified atom stereocenters. The first-order chi connectivity index (χ1) is 8.31. The molecule has 0 aliphatic rings. The minimum atomic E-state index is -0.0851. The number of quaternary nitrogens is 1. The maximum Gasteiger partial charge on any atom is 0.119 e. The van der Waals surface area contributed by atoms with E-state index >= 15 is 0 Å². The molecule has 0 saturated heterocycles. The number of rotatable bonds is 0. The summed E-state index contributed by atoms with van der Waals surface area (Å²) in [6.07, 6.45) is 0. The molecule has 132 valence electrons. The minimum absolute atomic E-state index is 0. The van der Waals surface area contributed by atoms with Crippen molar-refractivity contribution in [3.63, 3.8) is 0 Å². The Morgan fingerprint density at radius 3 is 0.810 bits per heavy atom. The monoisotopic (exact) mass is 305 g/mol. The number of nitrogens with zero attached hydrogens (tertiary/aromatic N) is 1. The summed E-state index contributed by atoms with van der Waals surface area (Å²) in [5.74, 6) is 0. The molecule has 2 N–H and O–H groups in total. The molecule has 3 heteroatoms. The largest absolute Gasteiger partial charge is 0.297 e. The van der Waals surface area contributed by atoms with Crippen molar-refractivity contribution in [3.8, 4) is 0 Å². The molecular weight excluding hydrogens is 260 g/mol. The van der Waals surface area contributed by atoms with Gasteiger partial charge in [0, 0.05) is 11.1 Å². The second kappa shape index (κ2) is 7.94. The molecule has 0 aromatic heterocycles. The maximum atomic E-state index is 9.64. The zero-order chi connectivity index (χ0) is 17.2. The summed E-state index contributed by atoms with van der Waals surface area (Å²) in [7, 11) is 2.17. The van der Waals surface area contributed by atoms with E-state index in [-0.39, 0.29) is 29.6 Å². The van der Waals surface area contributed by atoms with Gasteiger partial charge in [-0.15, -0.1) is 0 Å². The molecule has 0 rings (SSSR count). The summed E-state index contributed by atoms with van der Waals surface area (Å²) in [5, 5.41) is 10.2. The smallest absolute Gasteiger partial charge is 0.119 e. The van der Waals surface area contributed by atoms with Gasteiger partial charge < -0.3 is 0 Å². The third-order valence-electron chi connectivity index (χ3n) is 3.43. The zero-order valence-corrected chi connectivity index (χ0v) is 16.4. The van der Waals surface area contributed by atoms with Crippen LogP contribution in [0.15, 0.2) is 0 Å². The molecule has 0 aliphatic heterocycles. The van der Waals surface area contributed by atoms with Gasteiger partial charge in [0.05, 0.1) is 0 Å². The molecule has 0 saturated carbocycles. The molecule has 0 fully saturated rings. The fraction of sp³-hybridized carbons (Fsp3) is 1.00. The van der Waals surface area contributed by atoms with E-state index in [0.717, 1.165) is 0 Å². The van der Waals surface area contributed by atoms with Gasteiger partial charge >= 0.3 is 0 Å². The van der Waals surface area contributed by atoms with E-state index in [1.165, 1.54) is 0 Å². The van der Waals surface area contributed by atoms with Gasteiger partial charge in [-0.2, -0.15) is 5.06 Å². The van der Waals surface area contributed by atoms with E-state index in [0.29, 0.717) is 5.06 Å². The molecule has 0 spiro atoms. The van der Waals surface area contributed by atoms with Gasteiger partial charge in [-0.1, -0.05) is 7.43 Å². The Bertz CT molecular complexity index is 214. The lowest BCUT2D eigenvalue weighted by molar-refractivity contribution is -1.16. The van der Waals surface area contributed by atoms with E-state index < -0.39 is 0 Å². The number of hydroxylamine groups is 2. The fourth-order valence-corrected chi connectivity index (χ4v) is 2.13. The van der Waals surface area contributed by atoms with Crippen molar-refractivity contribution < 1.29 is 10.3 Å². The molecule has 0 radical (unpaired) electrons. The Labute approximate surface area is 135 Å². The van der Waals surface area contributed by atoms with Gasteiger partial charge in [-0.25, -0.2) is 5.21 Å². The van der Waals surface area contributed by atoms with E-state index in [2.05, 4.69) is 53.5 Å². The Kier molecular flexibility index (Phi) is 9.76. The first kappa shape index (κ1) is 25.8. The number of hydrogen-bond donors (Lipinski definition) is 2. The quantitative estimate of drug-likeness (QED) is 0.662. The van der Waals surface area contributed by atoms with Crippen LogP contribution in [0, 0.1) is 0 Å². The SMILES string of the molecule is C.CC(C)(C)[NH+](O)C(C)(C)C.CN(C(C)(C)C)C(C)(C)C. The first-order valence-electron chi connectivity index (χ1n) is 7.62. The highest BCUT2D eigenvalue weighted by molar-refractivity contribution is 4.83. The van der Waals surface area contributed by atoms with E-state index in [9.17, 15) is 5.21 Å². The van der Waals surface area contributed by atoms with Crippen molar-refractivity contribution in [1.29, 1.82) is 0 Å². The van der Waals surface area contributed by atoms with Crippen molar-refractivity contribution in [1.82, 2.24) is 4.90 Å². The van der Waals surface area contributed by atoms with Crippen LogP contribution in [0.4, 0.5) is 0 Å². The summed E-state index contributed by atoms with van der Waals surface area (Å²) in [5.41, 5.74) is 0.382. The van der Waals surface area contributed by atoms with Crippen LogP contribution < -0.4 is 5.06 Å². The Hall–Kier alpha value is -0.120. The maximum absolute atomic E-state index is 9.64. The summed E-state index contributed by atoms with van der Waals surface area (Å²) in [4.78, 5) is 2.38. The van der Waals surface area contributed by atoms with Gasteiger partial charge in [0.1, 0.15) is 11.1 Å². The lowest BCUT2D eigenvalue weighted by Gasteiger charge is -2.42. The molecule has 3 nitrogen and oxygen atoms in total. The molecule has 0 amide bonds. The second-order valence-electron chi connectivity index (χ2n) is 9.75. The second-order valence-corrected chi connectivity index (χ2v) is 9.75. The van der Waals surface area contributed by atoms with Gasteiger partial charge in [0.25, 0.3) is 0 Å². The van der Waals surface area contributed by atoms with Crippen LogP contribution in [-0.2, 0) is 0 Å². The summed E-state index contributed by atoms with van der Waals surface area (Å²) in [6.45, 7) is 25.5. The highest BCUT2D eigenvalue weighted by atomic mass is 16.5. The Balaban J connectivity index is -0.000000295. The van der Waals surface area contributed by atoms with Crippen molar-refractivity contribution in [2.45, 2.75) is 113 Å². The van der Waals surface area contributed by atoms with E-state index in [1.54, 1.807) is 0 Å². The molecule has 0 aromatic rings. The van der Waals surface area contributed by atoms with Crippen molar-refractivity contribution in [3.05, 3.63) is 0 Å². The molecule has 0 atom stereocenters. The predicted molar refractivity (Wildman–Crippen MR) is 96.3 cm³/mol. The average Bonchev–Trinajstić information content (AvgIpc) is 2.10. The van der Waals surface area contributed by atoms with Crippen molar-refractivity contribution in [2.24, 2.45) is 0 Å². The summed E-state index contributed by atoms with van der Waals surface area (Å²) < 4.78 is 0. The Morgan fingerprint density at radius 2 is 0.810 bits per heavy atom.